The highest BCUT2D eigenvalue weighted by atomic mass is 32.2. The highest BCUT2D eigenvalue weighted by molar-refractivity contribution is 7.99. The Labute approximate surface area is 210 Å². The largest absolute Gasteiger partial charge is 0.497 e. The summed E-state index contributed by atoms with van der Waals surface area (Å²) < 4.78 is 17.5. The number of rotatable bonds is 7. The third-order valence-corrected chi connectivity index (χ3v) is 6.93. The minimum atomic E-state index is -0.833. The molecule has 184 valence electrons. The molecule has 1 aliphatic rings. The quantitative estimate of drug-likeness (QED) is 0.409. The summed E-state index contributed by atoms with van der Waals surface area (Å²) in [6.07, 6.45) is 0.00288. The molecule has 0 saturated carbocycles. The second-order valence-electron chi connectivity index (χ2n) is 8.63. The van der Waals surface area contributed by atoms with Crippen molar-refractivity contribution in [3.8, 4) is 28.6 Å². The van der Waals surface area contributed by atoms with E-state index in [0.29, 0.717) is 45.4 Å². The van der Waals surface area contributed by atoms with E-state index in [1.165, 1.54) is 18.7 Å². The van der Waals surface area contributed by atoms with Gasteiger partial charge < -0.3 is 14.2 Å². The van der Waals surface area contributed by atoms with Crippen LogP contribution in [0.4, 0.5) is 5.69 Å². The molecule has 2 heterocycles. The summed E-state index contributed by atoms with van der Waals surface area (Å²) in [5, 5.41) is 9.41. The zero-order valence-electron chi connectivity index (χ0n) is 20.9. The minimum Gasteiger partial charge on any atom is -0.497 e. The molecular formula is C26H30N4O4S. The number of methoxy groups -OCH3 is 2. The number of fused-ring (bicyclic) bond motifs is 3. The van der Waals surface area contributed by atoms with E-state index < -0.39 is 6.23 Å². The first-order chi connectivity index (χ1) is 16.9. The molecule has 35 heavy (non-hydrogen) atoms. The number of benzene rings is 2. The van der Waals surface area contributed by atoms with E-state index in [2.05, 4.69) is 31.0 Å². The zero-order chi connectivity index (χ0) is 25.1. The van der Waals surface area contributed by atoms with E-state index in [1.54, 1.807) is 25.2 Å². The molecule has 1 aromatic heterocycles. The number of aryl methyl sites for hydroxylation is 1. The number of hydrogen-bond acceptors (Lipinski definition) is 8. The predicted octanol–water partition coefficient (Wildman–Crippen LogP) is 5.31. The van der Waals surface area contributed by atoms with Gasteiger partial charge in [-0.1, -0.05) is 38.6 Å². The van der Waals surface area contributed by atoms with Gasteiger partial charge in [0.2, 0.25) is 23.2 Å². The van der Waals surface area contributed by atoms with Gasteiger partial charge in [-0.25, -0.2) is 0 Å². The number of ether oxygens (including phenoxy) is 3. The van der Waals surface area contributed by atoms with Crippen LogP contribution in [0.1, 0.15) is 45.0 Å². The van der Waals surface area contributed by atoms with E-state index >= 15 is 0 Å². The van der Waals surface area contributed by atoms with Gasteiger partial charge >= 0.3 is 0 Å². The van der Waals surface area contributed by atoms with Crippen molar-refractivity contribution in [3.05, 3.63) is 47.5 Å². The Kier molecular flexibility index (Phi) is 7.45. The molecule has 0 aliphatic carbocycles. The summed E-state index contributed by atoms with van der Waals surface area (Å²) in [7, 11) is 3.17. The van der Waals surface area contributed by atoms with Crippen LogP contribution >= 0.6 is 11.8 Å². The normalized spacial score (nSPS) is 14.6. The molecule has 8 nitrogen and oxygen atoms in total. The first-order valence-electron chi connectivity index (χ1n) is 11.5. The number of aromatic nitrogens is 3. The summed E-state index contributed by atoms with van der Waals surface area (Å²) in [6, 6.07) is 11.4. The number of hydrogen-bond donors (Lipinski definition) is 0. The molecule has 2 aromatic carbocycles. The van der Waals surface area contributed by atoms with Gasteiger partial charge in [0.25, 0.3) is 0 Å². The van der Waals surface area contributed by atoms with E-state index in [1.807, 2.05) is 30.3 Å². The Hall–Kier alpha value is -3.33. The number of anilines is 1. The lowest BCUT2D eigenvalue weighted by molar-refractivity contribution is -0.118. The molecule has 9 heteroatoms. The van der Waals surface area contributed by atoms with Crippen LogP contribution in [0.25, 0.3) is 11.3 Å². The number of carbonyl (C=O) groups excluding carboxylic acids is 1. The van der Waals surface area contributed by atoms with Crippen LogP contribution in [-0.2, 0) is 11.2 Å². The lowest BCUT2D eigenvalue weighted by atomic mass is 10.0. The monoisotopic (exact) mass is 494 g/mol. The summed E-state index contributed by atoms with van der Waals surface area (Å²) >= 11 is 1.53. The van der Waals surface area contributed by atoms with Crippen LogP contribution in [0, 0.1) is 5.92 Å². The maximum Gasteiger partial charge on any atom is 0.247 e. The van der Waals surface area contributed by atoms with Crippen LogP contribution in [0.15, 0.2) is 41.6 Å². The van der Waals surface area contributed by atoms with Crippen LogP contribution in [-0.4, -0.2) is 41.1 Å². The fourth-order valence-corrected chi connectivity index (χ4v) is 4.63. The molecule has 1 atom stereocenters. The van der Waals surface area contributed by atoms with Crippen molar-refractivity contribution < 1.29 is 19.0 Å². The number of nitrogens with zero attached hydrogens (tertiary/aromatic N) is 4. The van der Waals surface area contributed by atoms with Gasteiger partial charge in [0.15, 0.2) is 5.69 Å². The Morgan fingerprint density at radius 3 is 2.60 bits per heavy atom. The Balaban J connectivity index is 1.93. The van der Waals surface area contributed by atoms with Crippen molar-refractivity contribution in [2.45, 2.75) is 45.5 Å². The summed E-state index contributed by atoms with van der Waals surface area (Å²) in [5.41, 5.74) is 3.71. The van der Waals surface area contributed by atoms with E-state index in [0.717, 1.165) is 23.3 Å². The zero-order valence-corrected chi connectivity index (χ0v) is 21.7. The fraction of sp³-hybridized carbons (Fsp3) is 0.385. The smallest absolute Gasteiger partial charge is 0.247 e. The molecule has 0 radical (unpaired) electrons. The SMILES string of the molecule is CCc1ccc2c(c1)-c1nnc(SCC(C)C)nc1O[C@H](c1ccc(OC)cc1OC)N2C(C)=O. The van der Waals surface area contributed by atoms with Crippen LogP contribution in [0.2, 0.25) is 0 Å². The lowest BCUT2D eigenvalue weighted by Crippen LogP contribution is -2.36. The molecular weight excluding hydrogens is 464 g/mol. The lowest BCUT2D eigenvalue weighted by Gasteiger charge is -2.31. The average molecular weight is 495 g/mol. The van der Waals surface area contributed by atoms with Crippen molar-refractivity contribution in [1.82, 2.24) is 15.2 Å². The molecule has 0 fully saturated rings. The topological polar surface area (TPSA) is 86.7 Å². The van der Waals surface area contributed by atoms with E-state index in [9.17, 15) is 4.79 Å². The Morgan fingerprint density at radius 1 is 1.14 bits per heavy atom. The molecule has 0 bridgehead atoms. The van der Waals surface area contributed by atoms with Crippen LogP contribution in [0.3, 0.4) is 0 Å². The van der Waals surface area contributed by atoms with Gasteiger partial charge in [0.1, 0.15) is 11.5 Å². The van der Waals surface area contributed by atoms with Gasteiger partial charge in [-0.3, -0.25) is 9.69 Å². The maximum atomic E-state index is 13.1. The molecule has 0 spiro atoms. The first kappa shape index (κ1) is 24.8. The third kappa shape index (κ3) is 5.05. The maximum absolute atomic E-state index is 13.1. The van der Waals surface area contributed by atoms with Crippen molar-refractivity contribution >= 4 is 23.4 Å². The van der Waals surface area contributed by atoms with Crippen molar-refractivity contribution in [1.29, 1.82) is 0 Å². The van der Waals surface area contributed by atoms with Crippen LogP contribution < -0.4 is 19.1 Å². The number of amides is 1. The molecule has 0 N–H and O–H groups in total. The van der Waals surface area contributed by atoms with E-state index in [4.69, 9.17) is 19.2 Å². The van der Waals surface area contributed by atoms with Gasteiger partial charge in [-0.15, -0.1) is 10.2 Å². The first-order valence-corrected chi connectivity index (χ1v) is 12.5. The van der Waals surface area contributed by atoms with E-state index in [-0.39, 0.29) is 5.91 Å². The van der Waals surface area contributed by atoms with Gasteiger partial charge in [0, 0.05) is 24.3 Å². The molecule has 0 saturated heterocycles. The third-order valence-electron chi connectivity index (χ3n) is 5.67. The highest BCUT2D eigenvalue weighted by Crippen LogP contribution is 2.45. The molecule has 1 aliphatic heterocycles. The second-order valence-corrected chi connectivity index (χ2v) is 9.61. The molecule has 3 aromatic rings. The molecule has 0 unspecified atom stereocenters. The van der Waals surface area contributed by atoms with Gasteiger partial charge in [-0.05, 0) is 42.2 Å². The average Bonchev–Trinajstić information content (AvgIpc) is 3.00. The minimum absolute atomic E-state index is 0.187. The summed E-state index contributed by atoms with van der Waals surface area (Å²) in [4.78, 5) is 19.4. The predicted molar refractivity (Wildman–Crippen MR) is 136 cm³/mol. The van der Waals surface area contributed by atoms with Crippen molar-refractivity contribution in [2.24, 2.45) is 5.92 Å². The standard InChI is InChI=1S/C26H30N4O4S/c1-7-17-8-11-21-20(12-17)23-24(27-26(29-28-23)35-14-15(2)3)34-25(30(21)16(4)31)19-10-9-18(32-5)13-22(19)33-6/h8-13,15,25H,7,14H2,1-6H3/t25-/m1/s1. The molecule has 1 amide bonds. The number of carbonyl (C=O) groups is 1. The second kappa shape index (κ2) is 10.5. The fourth-order valence-electron chi connectivity index (χ4n) is 3.90. The van der Waals surface area contributed by atoms with Gasteiger partial charge in [-0.2, -0.15) is 4.98 Å². The Bertz CT molecular complexity index is 1230. The highest BCUT2D eigenvalue weighted by Gasteiger charge is 2.36. The number of thioether (sulfide) groups is 1. The van der Waals surface area contributed by atoms with Crippen LogP contribution in [0.5, 0.6) is 17.4 Å². The molecule has 4 rings (SSSR count). The summed E-state index contributed by atoms with van der Waals surface area (Å²) in [6.45, 7) is 7.88. The van der Waals surface area contributed by atoms with Crippen molar-refractivity contribution in [2.75, 3.05) is 24.9 Å². The summed E-state index contributed by atoms with van der Waals surface area (Å²) in [5.74, 6) is 2.64. The van der Waals surface area contributed by atoms with Crippen molar-refractivity contribution in [3.63, 3.8) is 0 Å². The van der Waals surface area contributed by atoms with Gasteiger partial charge in [0.05, 0.1) is 25.5 Å². The Morgan fingerprint density at radius 2 is 1.94 bits per heavy atom.